The van der Waals surface area contributed by atoms with Crippen molar-refractivity contribution in [1.82, 2.24) is 9.80 Å². The third-order valence-corrected chi connectivity index (χ3v) is 6.96. The molecule has 2 amide bonds. The Hall–Kier alpha value is -1.93. The fraction of sp³-hybridized carbons (Fsp3) is 0.762. The number of β-amino-alcohol motifs (C(OH)–C–C–N with tert-alkyl or cyclic N) is 1. The van der Waals surface area contributed by atoms with Gasteiger partial charge >= 0.3 is 5.97 Å². The SMILES string of the molecule is C=CCN(C(=O)C1N(CCO)C(=O)[C@@H]2[C@@H](C(=O)O)[C@@]3(C)CCC12O3)C(C)CCC. The van der Waals surface area contributed by atoms with E-state index >= 15 is 0 Å². The molecule has 29 heavy (non-hydrogen) atoms. The maximum atomic E-state index is 13.8. The van der Waals surface area contributed by atoms with E-state index in [1.807, 2.05) is 13.8 Å². The molecule has 0 aliphatic carbocycles. The molecule has 0 aromatic carbocycles. The van der Waals surface area contributed by atoms with Crippen LogP contribution in [0.25, 0.3) is 0 Å². The molecule has 3 heterocycles. The number of hydrogen-bond acceptors (Lipinski definition) is 5. The highest BCUT2D eigenvalue weighted by Crippen LogP contribution is 2.63. The molecular weight excluding hydrogens is 376 g/mol. The maximum absolute atomic E-state index is 13.8. The van der Waals surface area contributed by atoms with Crippen molar-refractivity contribution in [2.24, 2.45) is 11.8 Å². The molecule has 8 nitrogen and oxygen atoms in total. The fourth-order valence-corrected chi connectivity index (χ4v) is 5.79. The topological polar surface area (TPSA) is 107 Å². The Morgan fingerprint density at radius 3 is 2.69 bits per heavy atom. The number of amides is 2. The lowest BCUT2D eigenvalue weighted by Crippen LogP contribution is -2.58. The van der Waals surface area contributed by atoms with Crippen molar-refractivity contribution < 1.29 is 29.3 Å². The summed E-state index contributed by atoms with van der Waals surface area (Å²) in [5.74, 6) is -3.65. The first-order valence-corrected chi connectivity index (χ1v) is 10.4. The van der Waals surface area contributed by atoms with Gasteiger partial charge in [-0.05, 0) is 33.1 Å². The lowest BCUT2D eigenvalue weighted by molar-refractivity contribution is -0.157. The smallest absolute Gasteiger partial charge is 0.310 e. The van der Waals surface area contributed by atoms with Gasteiger partial charge in [0.05, 0.1) is 24.0 Å². The van der Waals surface area contributed by atoms with Crippen molar-refractivity contribution in [3.05, 3.63) is 12.7 Å². The number of ether oxygens (including phenoxy) is 1. The van der Waals surface area contributed by atoms with Gasteiger partial charge in [-0.1, -0.05) is 19.4 Å². The first-order chi connectivity index (χ1) is 13.7. The number of hydrogen-bond donors (Lipinski definition) is 2. The van der Waals surface area contributed by atoms with E-state index in [0.29, 0.717) is 19.4 Å². The Kier molecular flexibility index (Phi) is 5.80. The molecule has 0 radical (unpaired) electrons. The van der Waals surface area contributed by atoms with E-state index in [4.69, 9.17) is 4.74 Å². The van der Waals surface area contributed by atoms with E-state index in [0.717, 1.165) is 12.8 Å². The van der Waals surface area contributed by atoms with Crippen LogP contribution in [0, 0.1) is 11.8 Å². The number of aliphatic carboxylic acids is 1. The van der Waals surface area contributed by atoms with Crippen LogP contribution in [0.5, 0.6) is 0 Å². The van der Waals surface area contributed by atoms with Crippen LogP contribution in [-0.2, 0) is 19.1 Å². The predicted octanol–water partition coefficient (Wildman–Crippen LogP) is 1.03. The largest absolute Gasteiger partial charge is 0.481 e. The van der Waals surface area contributed by atoms with Gasteiger partial charge in [0.15, 0.2) is 0 Å². The second-order valence-electron chi connectivity index (χ2n) is 8.74. The molecule has 3 unspecified atom stereocenters. The van der Waals surface area contributed by atoms with Crippen LogP contribution in [0.2, 0.25) is 0 Å². The summed E-state index contributed by atoms with van der Waals surface area (Å²) in [5.41, 5.74) is -2.12. The van der Waals surface area contributed by atoms with Crippen molar-refractivity contribution in [3.8, 4) is 0 Å². The lowest BCUT2D eigenvalue weighted by atomic mass is 9.66. The molecule has 3 rings (SSSR count). The Bertz CT molecular complexity index is 711. The molecule has 3 fully saturated rings. The van der Waals surface area contributed by atoms with Gasteiger partial charge < -0.3 is 24.7 Å². The van der Waals surface area contributed by atoms with Crippen LogP contribution < -0.4 is 0 Å². The van der Waals surface area contributed by atoms with E-state index in [-0.39, 0.29) is 25.1 Å². The van der Waals surface area contributed by atoms with Gasteiger partial charge in [-0.3, -0.25) is 14.4 Å². The van der Waals surface area contributed by atoms with E-state index < -0.39 is 41.0 Å². The predicted molar refractivity (Wildman–Crippen MR) is 105 cm³/mol. The van der Waals surface area contributed by atoms with Crippen molar-refractivity contribution in [2.45, 2.75) is 69.7 Å². The normalized spacial score (nSPS) is 36.2. The number of carbonyl (C=O) groups is 3. The summed E-state index contributed by atoms with van der Waals surface area (Å²) in [7, 11) is 0. The van der Waals surface area contributed by atoms with Crippen LogP contribution in [0.4, 0.5) is 0 Å². The first-order valence-electron chi connectivity index (χ1n) is 10.4. The molecule has 0 aromatic rings. The zero-order valence-corrected chi connectivity index (χ0v) is 17.5. The van der Waals surface area contributed by atoms with Gasteiger partial charge in [-0.2, -0.15) is 0 Å². The second-order valence-corrected chi connectivity index (χ2v) is 8.74. The molecule has 2 N–H and O–H groups in total. The van der Waals surface area contributed by atoms with E-state index in [9.17, 15) is 24.6 Å². The quantitative estimate of drug-likeness (QED) is 0.552. The number of aliphatic hydroxyl groups is 1. The number of likely N-dealkylation sites (tertiary alicyclic amines) is 1. The molecule has 6 atom stereocenters. The van der Waals surface area contributed by atoms with Gasteiger partial charge in [-0.25, -0.2) is 0 Å². The molecule has 0 saturated carbocycles. The monoisotopic (exact) mass is 408 g/mol. The third-order valence-electron chi connectivity index (χ3n) is 6.96. The van der Waals surface area contributed by atoms with Crippen LogP contribution >= 0.6 is 0 Å². The lowest BCUT2D eigenvalue weighted by Gasteiger charge is -2.38. The molecule has 3 saturated heterocycles. The van der Waals surface area contributed by atoms with Crippen molar-refractivity contribution in [1.29, 1.82) is 0 Å². The summed E-state index contributed by atoms with van der Waals surface area (Å²) in [5, 5.41) is 19.4. The molecule has 3 aliphatic rings. The number of aliphatic hydroxyl groups excluding tert-OH is 1. The number of nitrogens with zero attached hydrogens (tertiary/aromatic N) is 2. The summed E-state index contributed by atoms with van der Waals surface area (Å²) in [6.07, 6.45) is 4.28. The molecule has 0 aromatic heterocycles. The molecular formula is C21H32N2O6. The van der Waals surface area contributed by atoms with Gasteiger partial charge in [0.2, 0.25) is 11.8 Å². The van der Waals surface area contributed by atoms with Crippen molar-refractivity contribution in [2.75, 3.05) is 19.7 Å². The molecule has 162 valence electrons. The van der Waals surface area contributed by atoms with Gasteiger partial charge in [0.25, 0.3) is 0 Å². The van der Waals surface area contributed by atoms with Gasteiger partial charge in [-0.15, -0.1) is 6.58 Å². The highest BCUT2D eigenvalue weighted by molar-refractivity contribution is 5.98. The Morgan fingerprint density at radius 2 is 2.14 bits per heavy atom. The van der Waals surface area contributed by atoms with Crippen molar-refractivity contribution in [3.63, 3.8) is 0 Å². The zero-order valence-electron chi connectivity index (χ0n) is 17.5. The standard InChI is InChI=1S/C21H32N2O6/c1-5-7-13(3)22(10-6-2)18(26)16-21-9-8-20(4,29-21)15(19(27)28)14(21)17(25)23(16)11-12-24/h6,13-16,24H,2,5,7-12H2,1,3-4H3,(H,27,28)/t13?,14-,15-,16?,20+,21?/m0/s1. The first kappa shape index (κ1) is 21.8. The molecule has 8 heteroatoms. The van der Waals surface area contributed by atoms with E-state index in [2.05, 4.69) is 6.58 Å². The number of rotatable bonds is 9. The Balaban J connectivity index is 2.06. The summed E-state index contributed by atoms with van der Waals surface area (Å²) in [4.78, 5) is 42.1. The van der Waals surface area contributed by atoms with Gasteiger partial charge in [0, 0.05) is 19.1 Å². The molecule has 1 spiro atoms. The van der Waals surface area contributed by atoms with Crippen LogP contribution in [-0.4, -0.2) is 80.8 Å². The number of carboxylic acid groups (broad SMARTS) is 1. The summed E-state index contributed by atoms with van der Waals surface area (Å²) in [6, 6.07) is -0.992. The Morgan fingerprint density at radius 1 is 1.45 bits per heavy atom. The van der Waals surface area contributed by atoms with Crippen LogP contribution in [0.15, 0.2) is 12.7 Å². The second kappa shape index (κ2) is 7.72. The summed E-state index contributed by atoms with van der Waals surface area (Å²) in [6.45, 7) is 9.49. The van der Waals surface area contributed by atoms with Gasteiger partial charge in [0.1, 0.15) is 11.6 Å². The molecule has 3 aliphatic heterocycles. The molecule has 2 bridgehead atoms. The minimum absolute atomic E-state index is 0.0238. The fourth-order valence-electron chi connectivity index (χ4n) is 5.79. The highest BCUT2D eigenvalue weighted by atomic mass is 16.5. The van der Waals surface area contributed by atoms with Crippen molar-refractivity contribution >= 4 is 17.8 Å². The minimum atomic E-state index is -1.16. The average Bonchev–Trinajstić information content (AvgIpc) is 3.21. The average molecular weight is 408 g/mol. The Labute approximate surface area is 171 Å². The van der Waals surface area contributed by atoms with Crippen LogP contribution in [0.3, 0.4) is 0 Å². The highest BCUT2D eigenvalue weighted by Gasteiger charge is 2.78. The number of carbonyl (C=O) groups excluding carboxylic acids is 2. The van der Waals surface area contributed by atoms with Crippen LogP contribution in [0.1, 0.15) is 46.5 Å². The number of fused-ring (bicyclic) bond motifs is 1. The minimum Gasteiger partial charge on any atom is -0.481 e. The van der Waals surface area contributed by atoms with E-state index in [1.165, 1.54) is 4.90 Å². The summed E-state index contributed by atoms with van der Waals surface area (Å²) >= 11 is 0. The third kappa shape index (κ3) is 3.08. The zero-order chi connectivity index (χ0) is 21.6. The number of carboxylic acids is 1. The van der Waals surface area contributed by atoms with E-state index in [1.54, 1.807) is 17.9 Å². The summed E-state index contributed by atoms with van der Waals surface area (Å²) < 4.78 is 6.30. The maximum Gasteiger partial charge on any atom is 0.310 e.